The molecule has 2 amide bonds. The normalized spacial score (nSPS) is 22.3. The molecule has 5 nitrogen and oxygen atoms in total. The van der Waals surface area contributed by atoms with Gasteiger partial charge in [0, 0.05) is 5.75 Å². The number of carboxylic acid groups (broad SMARTS) is 1. The van der Waals surface area contributed by atoms with Gasteiger partial charge in [-0.1, -0.05) is 23.7 Å². The molecule has 1 fully saturated rings. The molecule has 1 aliphatic heterocycles. The maximum Gasteiger partial charge on any atom is 0.327 e. The zero-order valence-corrected chi connectivity index (χ0v) is 11.7. The van der Waals surface area contributed by atoms with Crippen LogP contribution in [0.4, 0.5) is 10.5 Å². The number of carbonyl (C=O) groups excluding carboxylic acids is 1. The van der Waals surface area contributed by atoms with E-state index in [9.17, 15) is 9.59 Å². The number of anilines is 1. The average molecular weight is 301 g/mol. The number of halogens is 1. The molecule has 0 aliphatic carbocycles. The van der Waals surface area contributed by atoms with Crippen LogP contribution in [-0.2, 0) is 4.79 Å². The van der Waals surface area contributed by atoms with Crippen LogP contribution in [0.5, 0.6) is 0 Å². The molecular formula is C12H13ClN2O3S. The number of benzene rings is 1. The number of thioether (sulfide) groups is 1. The fourth-order valence-electron chi connectivity index (χ4n) is 1.88. The van der Waals surface area contributed by atoms with Gasteiger partial charge in [-0.15, -0.1) is 11.8 Å². The average Bonchev–Trinajstić information content (AvgIpc) is 2.74. The molecule has 2 rings (SSSR count). The van der Waals surface area contributed by atoms with Gasteiger partial charge in [-0.2, -0.15) is 0 Å². The number of hydrogen-bond acceptors (Lipinski definition) is 3. The first-order valence-corrected chi connectivity index (χ1v) is 7.11. The van der Waals surface area contributed by atoms with Crippen LogP contribution in [0.1, 0.15) is 6.92 Å². The van der Waals surface area contributed by atoms with Gasteiger partial charge in [0.05, 0.1) is 16.1 Å². The van der Waals surface area contributed by atoms with E-state index >= 15 is 0 Å². The lowest BCUT2D eigenvalue weighted by atomic mass is 10.3. The summed E-state index contributed by atoms with van der Waals surface area (Å²) in [6.45, 7) is 1.81. The Morgan fingerprint density at radius 3 is 2.79 bits per heavy atom. The second-order valence-corrected chi connectivity index (χ2v) is 5.86. The van der Waals surface area contributed by atoms with Crippen molar-refractivity contribution >= 4 is 41.1 Å². The number of para-hydroxylation sites is 1. The number of aliphatic carboxylic acids is 1. The van der Waals surface area contributed by atoms with Crippen molar-refractivity contribution in [3.8, 4) is 0 Å². The standard InChI is InChI=1S/C12H13ClN2O3S/c1-7-15(10(6-19-7)11(16)17)12(18)14-9-5-3-2-4-8(9)13/h2-5,7,10H,6H2,1H3,(H,14,18)(H,16,17). The van der Waals surface area contributed by atoms with Crippen LogP contribution >= 0.6 is 23.4 Å². The highest BCUT2D eigenvalue weighted by molar-refractivity contribution is 8.00. The molecule has 2 unspecified atom stereocenters. The zero-order valence-electron chi connectivity index (χ0n) is 10.2. The first-order valence-electron chi connectivity index (χ1n) is 5.69. The lowest BCUT2D eigenvalue weighted by molar-refractivity contribution is -0.141. The predicted molar refractivity (Wildman–Crippen MR) is 75.7 cm³/mol. The van der Waals surface area contributed by atoms with Crippen molar-refractivity contribution in [2.45, 2.75) is 18.3 Å². The minimum atomic E-state index is -0.994. The number of rotatable bonds is 2. The SMILES string of the molecule is CC1SCC(C(=O)O)N1C(=O)Nc1ccccc1Cl. The second kappa shape index (κ2) is 5.71. The van der Waals surface area contributed by atoms with Crippen LogP contribution in [0.2, 0.25) is 5.02 Å². The Hall–Kier alpha value is -1.40. The fourth-order valence-corrected chi connectivity index (χ4v) is 3.23. The fraction of sp³-hybridized carbons (Fsp3) is 0.333. The van der Waals surface area contributed by atoms with E-state index in [0.29, 0.717) is 16.5 Å². The molecule has 1 saturated heterocycles. The molecule has 0 spiro atoms. The smallest absolute Gasteiger partial charge is 0.327 e. The molecule has 2 N–H and O–H groups in total. The predicted octanol–water partition coefficient (Wildman–Crippen LogP) is 2.72. The van der Waals surface area contributed by atoms with Crippen molar-refractivity contribution in [3.63, 3.8) is 0 Å². The molecule has 102 valence electrons. The topological polar surface area (TPSA) is 69.6 Å². The highest BCUT2D eigenvalue weighted by Gasteiger charge is 2.39. The van der Waals surface area contributed by atoms with E-state index in [0.717, 1.165) is 0 Å². The quantitative estimate of drug-likeness (QED) is 0.881. The molecule has 1 aromatic carbocycles. The Bertz CT molecular complexity index is 512. The molecule has 1 heterocycles. The van der Waals surface area contributed by atoms with Crippen LogP contribution in [-0.4, -0.2) is 39.2 Å². The maximum absolute atomic E-state index is 12.2. The van der Waals surface area contributed by atoms with Gasteiger partial charge in [-0.25, -0.2) is 9.59 Å². The molecule has 2 atom stereocenters. The van der Waals surface area contributed by atoms with E-state index in [-0.39, 0.29) is 5.37 Å². The molecule has 19 heavy (non-hydrogen) atoms. The van der Waals surface area contributed by atoms with E-state index in [1.807, 2.05) is 0 Å². The van der Waals surface area contributed by atoms with Gasteiger partial charge in [-0.3, -0.25) is 4.90 Å². The summed E-state index contributed by atoms with van der Waals surface area (Å²) in [6.07, 6.45) is 0. The molecule has 0 radical (unpaired) electrons. The van der Waals surface area contributed by atoms with Crippen molar-refractivity contribution in [1.82, 2.24) is 4.90 Å². The van der Waals surface area contributed by atoms with E-state index in [4.69, 9.17) is 16.7 Å². The van der Waals surface area contributed by atoms with Crippen molar-refractivity contribution in [2.75, 3.05) is 11.1 Å². The minimum absolute atomic E-state index is 0.177. The highest BCUT2D eigenvalue weighted by Crippen LogP contribution is 2.30. The summed E-state index contributed by atoms with van der Waals surface area (Å²) in [7, 11) is 0. The lowest BCUT2D eigenvalue weighted by Crippen LogP contribution is -2.46. The first kappa shape index (κ1) is 14.0. The van der Waals surface area contributed by atoms with Crippen molar-refractivity contribution in [1.29, 1.82) is 0 Å². The van der Waals surface area contributed by atoms with Crippen molar-refractivity contribution < 1.29 is 14.7 Å². The van der Waals surface area contributed by atoms with E-state index in [1.165, 1.54) is 16.7 Å². The molecule has 1 aromatic rings. The van der Waals surface area contributed by atoms with Gasteiger partial charge in [0.2, 0.25) is 0 Å². The lowest BCUT2D eigenvalue weighted by Gasteiger charge is -2.25. The maximum atomic E-state index is 12.2. The Kier molecular flexibility index (Phi) is 4.21. The second-order valence-electron chi connectivity index (χ2n) is 4.10. The first-order chi connectivity index (χ1) is 9.00. The summed E-state index contributed by atoms with van der Waals surface area (Å²) >= 11 is 7.39. The van der Waals surface area contributed by atoms with E-state index in [2.05, 4.69) is 5.32 Å². The van der Waals surface area contributed by atoms with Crippen molar-refractivity contribution in [2.24, 2.45) is 0 Å². The van der Waals surface area contributed by atoms with E-state index < -0.39 is 18.0 Å². The Labute approximate surface area is 119 Å². The number of carbonyl (C=O) groups is 2. The van der Waals surface area contributed by atoms with Gasteiger partial charge < -0.3 is 10.4 Å². The third-order valence-corrected chi connectivity index (χ3v) is 4.41. The monoisotopic (exact) mass is 300 g/mol. The summed E-state index contributed by atoms with van der Waals surface area (Å²) in [6, 6.07) is 5.59. The zero-order chi connectivity index (χ0) is 14.0. The van der Waals surface area contributed by atoms with Crippen LogP contribution < -0.4 is 5.32 Å². The Morgan fingerprint density at radius 2 is 2.16 bits per heavy atom. The van der Waals surface area contributed by atoms with E-state index in [1.54, 1.807) is 31.2 Å². The molecule has 1 aliphatic rings. The highest BCUT2D eigenvalue weighted by atomic mass is 35.5. The summed E-state index contributed by atoms with van der Waals surface area (Å²) < 4.78 is 0. The van der Waals surface area contributed by atoms with Gasteiger partial charge in [0.15, 0.2) is 0 Å². The number of amides is 2. The number of nitrogens with zero attached hydrogens (tertiary/aromatic N) is 1. The number of urea groups is 1. The number of hydrogen-bond donors (Lipinski definition) is 2. The van der Waals surface area contributed by atoms with Gasteiger partial charge in [0.1, 0.15) is 6.04 Å². The molecule has 7 heteroatoms. The van der Waals surface area contributed by atoms with Crippen LogP contribution in [0.15, 0.2) is 24.3 Å². The molecule has 0 bridgehead atoms. The van der Waals surface area contributed by atoms with Crippen LogP contribution in [0.25, 0.3) is 0 Å². The van der Waals surface area contributed by atoms with Gasteiger partial charge in [-0.05, 0) is 19.1 Å². The summed E-state index contributed by atoms with van der Waals surface area (Å²) in [4.78, 5) is 24.6. The van der Waals surface area contributed by atoms with Crippen molar-refractivity contribution in [3.05, 3.63) is 29.3 Å². The number of nitrogens with one attached hydrogen (secondary N) is 1. The Balaban J connectivity index is 2.15. The molecule has 0 saturated carbocycles. The minimum Gasteiger partial charge on any atom is -0.480 e. The summed E-state index contributed by atoms with van der Waals surface area (Å²) in [5.41, 5.74) is 0.474. The summed E-state index contributed by atoms with van der Waals surface area (Å²) in [5, 5.41) is 12.0. The van der Waals surface area contributed by atoms with Crippen LogP contribution in [0.3, 0.4) is 0 Å². The van der Waals surface area contributed by atoms with Gasteiger partial charge in [0.25, 0.3) is 0 Å². The molecular weight excluding hydrogens is 288 g/mol. The molecule has 0 aromatic heterocycles. The third-order valence-electron chi connectivity index (χ3n) is 2.86. The van der Waals surface area contributed by atoms with Gasteiger partial charge >= 0.3 is 12.0 Å². The summed E-state index contributed by atoms with van der Waals surface area (Å²) in [5.74, 6) is -0.599. The number of carboxylic acids is 1. The Morgan fingerprint density at radius 1 is 1.47 bits per heavy atom. The van der Waals surface area contributed by atoms with Crippen LogP contribution in [0, 0.1) is 0 Å². The largest absolute Gasteiger partial charge is 0.480 e. The third kappa shape index (κ3) is 2.96.